The highest BCUT2D eigenvalue weighted by Crippen LogP contribution is 2.54. The zero-order valence-corrected chi connectivity index (χ0v) is 24.5. The normalized spacial score (nSPS) is 21.5. The summed E-state index contributed by atoms with van der Waals surface area (Å²) in [5.74, 6) is 0. The Labute approximate surface area is 230 Å². The summed E-state index contributed by atoms with van der Waals surface area (Å²) in [5, 5.41) is 1.10. The topological polar surface area (TPSA) is 18.5 Å². The minimum absolute atomic E-state index is 0.0582. The van der Waals surface area contributed by atoms with Gasteiger partial charge in [0.15, 0.2) is 0 Å². The van der Waals surface area contributed by atoms with Gasteiger partial charge in [-0.25, -0.2) is 0 Å². The predicted molar refractivity (Wildman–Crippen MR) is 159 cm³/mol. The van der Waals surface area contributed by atoms with Crippen LogP contribution in [0.2, 0.25) is 6.32 Å². The quantitative estimate of drug-likeness (QED) is 0.143. The first-order valence-electron chi connectivity index (χ1n) is 14.1. The molecule has 2 aromatic rings. The zero-order valence-electron chi connectivity index (χ0n) is 22.9. The van der Waals surface area contributed by atoms with E-state index in [1.165, 1.54) is 80.0 Å². The first kappa shape index (κ1) is 28.0. The Morgan fingerprint density at radius 3 is 1.94 bits per heavy atom. The molecule has 0 amide bonds. The molecule has 1 heterocycles. The number of hydrogen-bond donors (Lipinski definition) is 0. The van der Waals surface area contributed by atoms with E-state index in [0.29, 0.717) is 0 Å². The van der Waals surface area contributed by atoms with Crippen LogP contribution in [0.4, 0.5) is 0 Å². The maximum Gasteiger partial charge on any atom is 0.494 e. The van der Waals surface area contributed by atoms with Crippen molar-refractivity contribution in [2.24, 2.45) is 0 Å². The molecular weight excluding hydrogens is 506 g/mol. The Morgan fingerprint density at radius 1 is 0.722 bits per heavy atom. The fourth-order valence-corrected chi connectivity index (χ4v) is 6.46. The predicted octanol–water partition coefficient (Wildman–Crippen LogP) is 8.14. The molecule has 1 atom stereocenters. The number of fused-ring (bicyclic) bond motifs is 3. The summed E-state index contributed by atoms with van der Waals surface area (Å²) in [6.07, 6.45) is 13.1. The highest BCUT2D eigenvalue weighted by atomic mass is 79.9. The maximum absolute atomic E-state index is 6.47. The summed E-state index contributed by atoms with van der Waals surface area (Å²) in [7, 11) is 5.45. The second-order valence-electron chi connectivity index (χ2n) is 11.8. The van der Waals surface area contributed by atoms with Crippen molar-refractivity contribution < 1.29 is 9.31 Å². The lowest BCUT2D eigenvalue weighted by molar-refractivity contribution is 0.00578. The lowest BCUT2D eigenvalue weighted by atomic mass is 9.68. The first-order chi connectivity index (χ1) is 17.3. The molecule has 2 nitrogen and oxygen atoms in total. The Bertz CT molecular complexity index is 989. The molecule has 2 radical (unpaired) electrons. The van der Waals surface area contributed by atoms with Crippen LogP contribution in [-0.2, 0) is 14.7 Å². The van der Waals surface area contributed by atoms with Crippen molar-refractivity contribution in [2.75, 3.05) is 5.33 Å². The number of unbranched alkanes of at least 4 members (excludes halogenated alkanes) is 6. The average Bonchev–Trinajstić information content (AvgIpc) is 3.25. The van der Waals surface area contributed by atoms with Gasteiger partial charge in [0.05, 0.1) is 19.0 Å². The van der Waals surface area contributed by atoms with Gasteiger partial charge in [0.2, 0.25) is 0 Å². The number of hydrogen-bond acceptors (Lipinski definition) is 2. The van der Waals surface area contributed by atoms with Crippen LogP contribution in [0.3, 0.4) is 0 Å². The Balaban J connectivity index is 1.69. The molecular formula is C31H43B2BrO2. The van der Waals surface area contributed by atoms with E-state index in [0.717, 1.165) is 23.5 Å². The van der Waals surface area contributed by atoms with Crippen LogP contribution in [-0.4, -0.2) is 31.5 Å². The second kappa shape index (κ2) is 11.8. The third kappa shape index (κ3) is 5.54. The third-order valence-corrected chi connectivity index (χ3v) is 9.42. The van der Waals surface area contributed by atoms with E-state index in [1.807, 2.05) is 0 Å². The van der Waals surface area contributed by atoms with E-state index in [-0.39, 0.29) is 23.7 Å². The van der Waals surface area contributed by atoms with Crippen LogP contribution in [0.1, 0.15) is 103 Å². The molecule has 0 saturated carbocycles. The van der Waals surface area contributed by atoms with Gasteiger partial charge in [0.25, 0.3) is 0 Å². The van der Waals surface area contributed by atoms with Crippen molar-refractivity contribution >= 4 is 36.4 Å². The van der Waals surface area contributed by atoms with E-state index >= 15 is 0 Å². The summed E-state index contributed by atoms with van der Waals surface area (Å²) >= 11 is 3.60. The second-order valence-corrected chi connectivity index (χ2v) is 12.6. The van der Waals surface area contributed by atoms with Gasteiger partial charge >= 0.3 is 7.12 Å². The third-order valence-electron chi connectivity index (χ3n) is 8.86. The molecule has 1 aliphatic carbocycles. The largest absolute Gasteiger partial charge is 0.494 e. The van der Waals surface area contributed by atoms with Crippen LogP contribution >= 0.6 is 15.9 Å². The van der Waals surface area contributed by atoms with Gasteiger partial charge in [-0.1, -0.05) is 110 Å². The number of benzene rings is 2. The molecule has 0 bridgehead atoms. The standard InChI is InChI=1S/C31H43B2BrO2/c1-29(2)30(3,4)36-33(35-29)24-17-18-26-25-15-9-10-16-27(25)31(28(26)23-24,19-11-5-7-13-21-32)20-12-6-8-14-22-34/h9-10,15-18,23H,5-8,11-14,19-22H2,1-4H3. The van der Waals surface area contributed by atoms with E-state index < -0.39 is 0 Å². The van der Waals surface area contributed by atoms with Crippen LogP contribution in [0.25, 0.3) is 11.1 Å². The maximum atomic E-state index is 6.47. The molecule has 1 saturated heterocycles. The monoisotopic (exact) mass is 548 g/mol. The minimum Gasteiger partial charge on any atom is -0.399 e. The van der Waals surface area contributed by atoms with Gasteiger partial charge in [-0.15, -0.1) is 0 Å². The summed E-state index contributed by atoms with van der Waals surface area (Å²) in [6.45, 7) is 8.53. The summed E-state index contributed by atoms with van der Waals surface area (Å²) in [5.41, 5.74) is 6.34. The number of halogens is 1. The molecule has 0 spiro atoms. The van der Waals surface area contributed by atoms with Crippen LogP contribution in [0, 0.1) is 0 Å². The SMILES string of the molecule is [B]CCCCCCC1(CCCCCCBr)c2ccccc2-c2ccc(B3OC(C)(C)C(C)(C)O3)cc21. The van der Waals surface area contributed by atoms with Crippen LogP contribution in [0.5, 0.6) is 0 Å². The fourth-order valence-electron chi connectivity index (χ4n) is 6.06. The molecule has 2 aliphatic rings. The summed E-state index contributed by atoms with van der Waals surface area (Å²) < 4.78 is 12.9. The van der Waals surface area contributed by atoms with Gasteiger partial charge in [-0.3, -0.25) is 0 Å². The first-order valence-corrected chi connectivity index (χ1v) is 15.2. The molecule has 192 valence electrons. The van der Waals surface area contributed by atoms with E-state index in [9.17, 15) is 0 Å². The molecule has 0 aromatic heterocycles. The number of rotatable bonds is 13. The van der Waals surface area contributed by atoms with Crippen molar-refractivity contribution in [1.82, 2.24) is 0 Å². The molecule has 5 heteroatoms. The van der Waals surface area contributed by atoms with Gasteiger partial charge < -0.3 is 9.31 Å². The molecule has 1 aliphatic heterocycles. The highest BCUT2D eigenvalue weighted by Gasteiger charge is 2.52. The van der Waals surface area contributed by atoms with Crippen molar-refractivity contribution in [3.8, 4) is 11.1 Å². The Kier molecular flexibility index (Phi) is 9.16. The Morgan fingerprint density at radius 2 is 1.31 bits per heavy atom. The van der Waals surface area contributed by atoms with Gasteiger partial charge in [-0.05, 0) is 74.7 Å². The van der Waals surface area contributed by atoms with Crippen LogP contribution < -0.4 is 5.46 Å². The van der Waals surface area contributed by atoms with Crippen LogP contribution in [0.15, 0.2) is 42.5 Å². The summed E-state index contributed by atoms with van der Waals surface area (Å²) in [6, 6.07) is 16.1. The molecule has 4 rings (SSSR count). The zero-order chi connectivity index (χ0) is 25.8. The smallest absolute Gasteiger partial charge is 0.399 e. The average molecular weight is 549 g/mol. The van der Waals surface area contributed by atoms with E-state index in [1.54, 1.807) is 0 Å². The van der Waals surface area contributed by atoms with Crippen molar-refractivity contribution in [3.63, 3.8) is 0 Å². The van der Waals surface area contributed by atoms with Crippen molar-refractivity contribution in [3.05, 3.63) is 53.6 Å². The van der Waals surface area contributed by atoms with Gasteiger partial charge in [0.1, 0.15) is 0 Å². The van der Waals surface area contributed by atoms with Gasteiger partial charge in [-0.2, -0.15) is 0 Å². The van der Waals surface area contributed by atoms with Crippen molar-refractivity contribution in [1.29, 1.82) is 0 Å². The van der Waals surface area contributed by atoms with Gasteiger partial charge in [0, 0.05) is 10.7 Å². The molecule has 0 N–H and O–H groups in total. The number of alkyl halides is 1. The lowest BCUT2D eigenvalue weighted by Crippen LogP contribution is -2.41. The summed E-state index contributed by atoms with van der Waals surface area (Å²) in [4.78, 5) is 0. The molecule has 1 fully saturated rings. The highest BCUT2D eigenvalue weighted by molar-refractivity contribution is 9.09. The lowest BCUT2D eigenvalue weighted by Gasteiger charge is -2.33. The van der Waals surface area contributed by atoms with E-state index in [2.05, 4.69) is 86.1 Å². The molecule has 2 aromatic carbocycles. The van der Waals surface area contributed by atoms with E-state index in [4.69, 9.17) is 17.2 Å². The minimum atomic E-state index is -0.338. The molecule has 36 heavy (non-hydrogen) atoms. The Hall–Kier alpha value is -1.03. The molecule has 1 unspecified atom stereocenters. The fraction of sp³-hybridized carbons (Fsp3) is 0.613. The van der Waals surface area contributed by atoms with Crippen molar-refractivity contribution in [2.45, 2.75) is 115 Å².